The Hall–Kier alpha value is -2.48. The molecule has 240 valence electrons. The average molecular weight is 685 g/mol. The predicted molar refractivity (Wildman–Crippen MR) is 185 cm³/mol. The Morgan fingerprint density at radius 1 is 0.511 bits per heavy atom. The van der Waals surface area contributed by atoms with Crippen LogP contribution in [0.25, 0.3) is 0 Å². The fraction of sp³-hybridized carbons (Fsp3) is 0.294. The molecule has 0 aliphatic rings. The molecule has 0 radical (unpaired) electrons. The highest BCUT2D eigenvalue weighted by Crippen LogP contribution is 2.24. The van der Waals surface area contributed by atoms with Crippen LogP contribution in [-0.2, 0) is 41.5 Å². The monoisotopic (exact) mass is 684 g/mol. The molecular formula is C34H40N2O5S4. The number of rotatable bonds is 17. The van der Waals surface area contributed by atoms with E-state index in [0.29, 0.717) is 40.9 Å². The number of benzene rings is 4. The van der Waals surface area contributed by atoms with Gasteiger partial charge in [0, 0.05) is 31.1 Å². The summed E-state index contributed by atoms with van der Waals surface area (Å²) in [6.07, 6.45) is 0. The first-order valence-electron chi connectivity index (χ1n) is 14.6. The van der Waals surface area contributed by atoms with Crippen LogP contribution in [0.15, 0.2) is 117 Å². The third kappa shape index (κ3) is 11.7. The Bertz CT molecular complexity index is 1560. The van der Waals surface area contributed by atoms with E-state index in [2.05, 4.69) is 28.6 Å². The summed E-state index contributed by atoms with van der Waals surface area (Å²) in [4.78, 5) is 2.97. The van der Waals surface area contributed by atoms with Gasteiger partial charge in [-0.3, -0.25) is 8.37 Å². The van der Waals surface area contributed by atoms with Gasteiger partial charge in [0.15, 0.2) is 22.2 Å². The minimum Gasteiger partial charge on any atom is -0.285 e. The van der Waals surface area contributed by atoms with E-state index in [4.69, 9.17) is 8.37 Å². The van der Waals surface area contributed by atoms with Crippen molar-refractivity contribution in [3.63, 3.8) is 0 Å². The molecule has 7 nitrogen and oxygen atoms in total. The van der Waals surface area contributed by atoms with Crippen molar-refractivity contribution < 1.29 is 21.0 Å². The number of hydrogen-bond acceptors (Lipinski definition) is 7. The van der Waals surface area contributed by atoms with Gasteiger partial charge < -0.3 is 0 Å². The lowest BCUT2D eigenvalue weighted by molar-refractivity contribution is 0.273. The first-order valence-corrected chi connectivity index (χ1v) is 18.7. The van der Waals surface area contributed by atoms with E-state index >= 15 is 0 Å². The largest absolute Gasteiger partial charge is 0.285 e. The van der Waals surface area contributed by atoms with E-state index in [9.17, 15) is 12.6 Å². The maximum atomic E-state index is 13.7. The SMILES string of the molecule is Cc1ccc(SN(CCOS(=O)c2ccc(C)cc2)CCN(CCOS(=O)c2ccc(C)cc2)S(=O)c2ccc(C)cc2)cc1. The molecule has 4 aromatic rings. The molecule has 0 amide bonds. The molecule has 45 heavy (non-hydrogen) atoms. The number of aryl methyl sites for hydroxylation is 4. The topological polar surface area (TPSA) is 76.2 Å². The lowest BCUT2D eigenvalue weighted by Gasteiger charge is -2.26. The average Bonchev–Trinajstić information content (AvgIpc) is 3.04. The Balaban J connectivity index is 1.43. The molecule has 4 rings (SSSR count). The molecular weight excluding hydrogens is 645 g/mol. The van der Waals surface area contributed by atoms with Crippen LogP contribution in [0.1, 0.15) is 22.3 Å². The summed E-state index contributed by atoms with van der Waals surface area (Å²) < 4.78 is 54.6. The van der Waals surface area contributed by atoms with Gasteiger partial charge in [0.25, 0.3) is 0 Å². The molecule has 0 fully saturated rings. The van der Waals surface area contributed by atoms with Gasteiger partial charge in [-0.05, 0) is 88.2 Å². The predicted octanol–water partition coefficient (Wildman–Crippen LogP) is 6.73. The van der Waals surface area contributed by atoms with Crippen LogP contribution in [0.3, 0.4) is 0 Å². The summed E-state index contributed by atoms with van der Waals surface area (Å²) in [6, 6.07) is 30.7. The van der Waals surface area contributed by atoms with Crippen LogP contribution in [-0.4, -0.2) is 60.6 Å². The van der Waals surface area contributed by atoms with Crippen molar-refractivity contribution >= 4 is 45.1 Å². The number of hydrogen-bond donors (Lipinski definition) is 0. The standard InChI is InChI=1S/C34H40N2O5S4/c1-27-5-13-31(14-6-27)42-35(23-25-40-44(38)33-17-9-29(3)10-18-33)21-22-36(43(37)32-15-7-28(2)8-16-32)24-26-41-45(39)34-19-11-30(4)12-20-34/h5-20H,21-26H2,1-4H3. The zero-order valence-corrected chi connectivity index (χ0v) is 29.3. The Morgan fingerprint density at radius 3 is 1.38 bits per heavy atom. The van der Waals surface area contributed by atoms with Gasteiger partial charge >= 0.3 is 0 Å². The van der Waals surface area contributed by atoms with Crippen molar-refractivity contribution in [2.24, 2.45) is 0 Å². The van der Waals surface area contributed by atoms with Crippen LogP contribution in [0.2, 0.25) is 0 Å². The quantitative estimate of drug-likeness (QED) is 0.114. The van der Waals surface area contributed by atoms with Crippen LogP contribution in [0.5, 0.6) is 0 Å². The molecule has 0 aromatic heterocycles. The van der Waals surface area contributed by atoms with E-state index in [1.807, 2.05) is 92.7 Å². The summed E-state index contributed by atoms with van der Waals surface area (Å²) in [7, 11) is -1.46. The van der Waals surface area contributed by atoms with Gasteiger partial charge in [-0.25, -0.2) is 21.2 Å². The van der Waals surface area contributed by atoms with Gasteiger partial charge in [-0.2, -0.15) is 0 Å². The molecule has 4 aromatic carbocycles. The van der Waals surface area contributed by atoms with E-state index < -0.39 is 33.1 Å². The second kappa shape index (κ2) is 18.0. The Morgan fingerprint density at radius 2 is 0.911 bits per heavy atom. The van der Waals surface area contributed by atoms with E-state index in [1.54, 1.807) is 24.1 Å². The van der Waals surface area contributed by atoms with E-state index in [1.165, 1.54) is 5.56 Å². The minimum absolute atomic E-state index is 0.141. The molecule has 0 N–H and O–H groups in total. The van der Waals surface area contributed by atoms with Gasteiger partial charge in [-0.1, -0.05) is 70.8 Å². The van der Waals surface area contributed by atoms with Crippen molar-refractivity contribution in [2.75, 3.05) is 39.4 Å². The lowest BCUT2D eigenvalue weighted by atomic mass is 10.2. The molecule has 0 bridgehead atoms. The fourth-order valence-electron chi connectivity index (χ4n) is 4.12. The van der Waals surface area contributed by atoms with E-state index in [-0.39, 0.29) is 13.2 Å². The molecule has 0 saturated heterocycles. The smallest absolute Gasteiger partial charge is 0.189 e. The van der Waals surface area contributed by atoms with Crippen LogP contribution in [0.4, 0.5) is 0 Å². The van der Waals surface area contributed by atoms with Gasteiger partial charge in [0.1, 0.15) is 11.0 Å². The number of nitrogens with zero attached hydrogens (tertiary/aromatic N) is 2. The fourth-order valence-corrected chi connectivity index (χ4v) is 7.61. The van der Waals surface area contributed by atoms with Crippen LogP contribution in [0, 0.1) is 27.7 Å². The Labute approximate surface area is 279 Å². The van der Waals surface area contributed by atoms with Crippen molar-refractivity contribution in [3.05, 3.63) is 119 Å². The highest BCUT2D eigenvalue weighted by atomic mass is 32.2. The maximum absolute atomic E-state index is 13.7. The van der Waals surface area contributed by atoms with E-state index in [0.717, 1.165) is 21.6 Å². The van der Waals surface area contributed by atoms with Crippen LogP contribution >= 0.6 is 11.9 Å². The molecule has 0 spiro atoms. The molecule has 3 unspecified atom stereocenters. The lowest BCUT2D eigenvalue weighted by Crippen LogP contribution is -2.37. The summed E-state index contributed by atoms with van der Waals surface area (Å²) in [5.41, 5.74) is 4.43. The molecule has 0 saturated carbocycles. The van der Waals surface area contributed by atoms with Crippen molar-refractivity contribution in [1.29, 1.82) is 0 Å². The summed E-state index contributed by atoms with van der Waals surface area (Å²) in [5.74, 6) is 0. The first kappa shape index (κ1) is 35.4. The highest BCUT2D eigenvalue weighted by molar-refractivity contribution is 7.97. The second-order valence-electron chi connectivity index (χ2n) is 10.6. The van der Waals surface area contributed by atoms with Crippen LogP contribution < -0.4 is 0 Å². The second-order valence-corrected chi connectivity index (χ2v) is 15.6. The van der Waals surface area contributed by atoms with Crippen molar-refractivity contribution in [2.45, 2.75) is 47.3 Å². The summed E-state index contributed by atoms with van der Waals surface area (Å²) in [5, 5.41) is 0. The summed E-state index contributed by atoms with van der Waals surface area (Å²) >= 11 is -1.62. The third-order valence-corrected chi connectivity index (χ3v) is 11.5. The highest BCUT2D eigenvalue weighted by Gasteiger charge is 2.19. The minimum atomic E-state index is -1.62. The molecule has 3 atom stereocenters. The van der Waals surface area contributed by atoms with Gasteiger partial charge in [0.05, 0.1) is 27.9 Å². The third-order valence-electron chi connectivity index (χ3n) is 6.80. The zero-order valence-electron chi connectivity index (χ0n) is 26.0. The summed E-state index contributed by atoms with van der Waals surface area (Å²) in [6.45, 7) is 10.2. The molecule has 0 aliphatic carbocycles. The Kier molecular flexibility index (Phi) is 14.2. The van der Waals surface area contributed by atoms with Gasteiger partial charge in [-0.15, -0.1) is 0 Å². The first-order chi connectivity index (χ1) is 21.7. The molecule has 0 heterocycles. The molecule has 0 aliphatic heterocycles. The van der Waals surface area contributed by atoms with Gasteiger partial charge in [0.2, 0.25) is 0 Å². The maximum Gasteiger partial charge on any atom is 0.189 e. The van der Waals surface area contributed by atoms with Crippen molar-refractivity contribution in [1.82, 2.24) is 8.61 Å². The molecule has 11 heteroatoms. The normalized spacial score (nSPS) is 13.6. The zero-order chi connectivity index (χ0) is 32.2. The van der Waals surface area contributed by atoms with Crippen molar-refractivity contribution in [3.8, 4) is 0 Å².